The van der Waals surface area contributed by atoms with E-state index in [0.717, 1.165) is 22.4 Å². The first kappa shape index (κ1) is 22.6. The molecule has 0 fully saturated rings. The number of hydrogen-bond acceptors (Lipinski definition) is 8. The van der Waals surface area contributed by atoms with Gasteiger partial charge in [0.25, 0.3) is 0 Å². The quantitative estimate of drug-likeness (QED) is 0.369. The van der Waals surface area contributed by atoms with E-state index in [9.17, 15) is 0 Å². The molecule has 0 aliphatic heterocycles. The van der Waals surface area contributed by atoms with Crippen LogP contribution in [0.5, 0.6) is 11.5 Å². The number of nitrogens with two attached hydrogens (primary N) is 1. The first-order chi connectivity index (χ1) is 14.6. The number of anilines is 3. The number of nitrogen functional groups attached to an aromatic ring is 1. The normalized spacial score (nSPS) is 10.3. The molecule has 0 amide bonds. The topological polar surface area (TPSA) is 95.2 Å². The van der Waals surface area contributed by atoms with Crippen molar-refractivity contribution in [2.24, 2.45) is 0 Å². The molecule has 2 aromatic carbocycles. The number of benzene rings is 2. The summed E-state index contributed by atoms with van der Waals surface area (Å²) in [4.78, 5) is 4.08. The minimum atomic E-state index is 0. The van der Waals surface area contributed by atoms with Gasteiger partial charge in [0.15, 0.2) is 0 Å². The molecule has 4 aromatic rings. The molecule has 0 bridgehead atoms. The summed E-state index contributed by atoms with van der Waals surface area (Å²) in [5.74, 6) is 1.70. The van der Waals surface area contributed by atoms with E-state index in [1.54, 1.807) is 26.5 Å². The van der Waals surface area contributed by atoms with E-state index in [4.69, 9.17) is 26.8 Å². The fourth-order valence-electron chi connectivity index (χ4n) is 2.98. The highest BCUT2D eigenvalue weighted by Crippen LogP contribution is 2.44. The molecule has 10 heteroatoms. The number of hydrogen-bond donors (Lipinski definition) is 2. The molecule has 0 aliphatic rings. The van der Waals surface area contributed by atoms with Gasteiger partial charge in [-0.25, -0.2) is 4.98 Å². The molecule has 0 unspecified atom stereocenters. The van der Waals surface area contributed by atoms with Gasteiger partial charge in [0.05, 0.1) is 14.2 Å². The van der Waals surface area contributed by atoms with Crippen molar-refractivity contribution in [1.82, 2.24) is 15.2 Å². The molecule has 7 nitrogen and oxygen atoms in total. The summed E-state index contributed by atoms with van der Waals surface area (Å²) in [6.07, 6.45) is 1.66. The summed E-state index contributed by atoms with van der Waals surface area (Å²) in [6.45, 7) is 0. The summed E-state index contributed by atoms with van der Waals surface area (Å²) in [5.41, 5.74) is 9.29. The predicted molar refractivity (Wildman–Crippen MR) is 128 cm³/mol. The second-order valence-corrected chi connectivity index (χ2v) is 7.68. The lowest BCUT2D eigenvalue weighted by molar-refractivity contribution is 0.395. The van der Waals surface area contributed by atoms with Gasteiger partial charge in [-0.05, 0) is 48.0 Å². The zero-order valence-corrected chi connectivity index (χ0v) is 19.0. The number of nitrogens with one attached hydrogen (secondary N) is 1. The number of rotatable bonds is 6. The van der Waals surface area contributed by atoms with Gasteiger partial charge < -0.3 is 20.5 Å². The van der Waals surface area contributed by atoms with Gasteiger partial charge in [-0.1, -0.05) is 22.9 Å². The van der Waals surface area contributed by atoms with Crippen molar-refractivity contribution in [3.05, 3.63) is 59.8 Å². The van der Waals surface area contributed by atoms with Crippen molar-refractivity contribution in [1.29, 1.82) is 0 Å². The van der Waals surface area contributed by atoms with Crippen LogP contribution in [0.4, 0.5) is 16.6 Å². The van der Waals surface area contributed by atoms with E-state index in [1.165, 1.54) is 11.3 Å². The van der Waals surface area contributed by atoms with E-state index in [1.807, 2.05) is 42.5 Å². The standard InChI is InChI=1S/C21H18ClN5O2S.ClH/c1-28-15-10-16(19(17(11-15)29-2)12-7-8-24-18(23)9-12)20-26-27-21(30-20)25-14-5-3-13(22)4-6-14;/h3-11H,1-2H3,(H2,23,24)(H,25,27);1H. The van der Waals surface area contributed by atoms with Gasteiger partial charge in [-0.2, -0.15) is 0 Å². The Morgan fingerprint density at radius 1 is 1.00 bits per heavy atom. The highest BCUT2D eigenvalue weighted by molar-refractivity contribution is 7.18. The van der Waals surface area contributed by atoms with Crippen LogP contribution in [0.3, 0.4) is 0 Å². The first-order valence-electron chi connectivity index (χ1n) is 8.92. The molecule has 2 heterocycles. The van der Waals surface area contributed by atoms with Crippen LogP contribution in [0.15, 0.2) is 54.7 Å². The lowest BCUT2D eigenvalue weighted by atomic mass is 9.99. The molecule has 0 saturated carbocycles. The largest absolute Gasteiger partial charge is 0.497 e. The summed E-state index contributed by atoms with van der Waals surface area (Å²) in [7, 11) is 3.22. The monoisotopic (exact) mass is 475 g/mol. The lowest BCUT2D eigenvalue weighted by Crippen LogP contribution is -1.96. The number of halogens is 2. The number of nitrogens with zero attached hydrogens (tertiary/aromatic N) is 3. The van der Waals surface area contributed by atoms with Gasteiger partial charge in [-0.15, -0.1) is 22.6 Å². The van der Waals surface area contributed by atoms with Crippen LogP contribution in [-0.2, 0) is 0 Å². The van der Waals surface area contributed by atoms with E-state index in [-0.39, 0.29) is 12.4 Å². The highest BCUT2D eigenvalue weighted by Gasteiger charge is 2.19. The first-order valence-corrected chi connectivity index (χ1v) is 10.1. The smallest absolute Gasteiger partial charge is 0.210 e. The fraction of sp³-hybridized carbons (Fsp3) is 0.0952. The maximum atomic E-state index is 5.95. The molecule has 3 N–H and O–H groups in total. The summed E-state index contributed by atoms with van der Waals surface area (Å²) < 4.78 is 11.1. The van der Waals surface area contributed by atoms with Crippen molar-refractivity contribution in [3.8, 4) is 33.2 Å². The van der Waals surface area contributed by atoms with Crippen molar-refractivity contribution >= 4 is 52.0 Å². The van der Waals surface area contributed by atoms with Gasteiger partial charge in [0, 0.05) is 34.1 Å². The Hall–Kier alpha value is -3.07. The molecule has 0 saturated heterocycles. The predicted octanol–water partition coefficient (Wildman–Crippen LogP) is 5.69. The van der Waals surface area contributed by atoms with Crippen LogP contribution in [0.2, 0.25) is 5.02 Å². The van der Waals surface area contributed by atoms with Gasteiger partial charge in [0.2, 0.25) is 5.13 Å². The summed E-state index contributed by atoms with van der Waals surface area (Å²) in [5, 5.41) is 13.9. The van der Waals surface area contributed by atoms with Crippen LogP contribution in [-0.4, -0.2) is 29.4 Å². The molecule has 0 aliphatic carbocycles. The summed E-state index contributed by atoms with van der Waals surface area (Å²) >= 11 is 7.36. The highest BCUT2D eigenvalue weighted by atomic mass is 35.5. The van der Waals surface area contributed by atoms with Crippen LogP contribution < -0.4 is 20.5 Å². The molecule has 160 valence electrons. The Bertz CT molecular complexity index is 1180. The minimum Gasteiger partial charge on any atom is -0.497 e. The third-order valence-electron chi connectivity index (χ3n) is 4.35. The average Bonchev–Trinajstić information content (AvgIpc) is 3.22. The van der Waals surface area contributed by atoms with Crippen molar-refractivity contribution in [2.75, 3.05) is 25.3 Å². The molecule has 0 spiro atoms. The van der Waals surface area contributed by atoms with Crippen LogP contribution in [0.25, 0.3) is 21.7 Å². The SMILES string of the molecule is COc1cc(OC)c(-c2ccnc(N)c2)c(-c2nnc(Nc3ccc(Cl)cc3)s2)c1.Cl. The van der Waals surface area contributed by atoms with Crippen LogP contribution in [0.1, 0.15) is 0 Å². The minimum absolute atomic E-state index is 0. The number of ether oxygens (including phenoxy) is 2. The third-order valence-corrected chi connectivity index (χ3v) is 5.48. The van der Waals surface area contributed by atoms with Crippen molar-refractivity contribution in [3.63, 3.8) is 0 Å². The van der Waals surface area contributed by atoms with E-state index < -0.39 is 0 Å². The van der Waals surface area contributed by atoms with Gasteiger partial charge >= 0.3 is 0 Å². The Morgan fingerprint density at radius 3 is 2.45 bits per heavy atom. The fourth-order valence-corrected chi connectivity index (χ4v) is 3.89. The zero-order chi connectivity index (χ0) is 21.1. The molecule has 0 atom stereocenters. The van der Waals surface area contributed by atoms with E-state index in [0.29, 0.717) is 32.5 Å². The molecular weight excluding hydrogens is 457 g/mol. The van der Waals surface area contributed by atoms with Gasteiger partial charge in [0.1, 0.15) is 22.3 Å². The Balaban J connectivity index is 0.00000272. The number of aromatic nitrogens is 3. The molecule has 0 radical (unpaired) electrons. The maximum absolute atomic E-state index is 5.95. The molecule has 2 aromatic heterocycles. The Kier molecular flexibility index (Phi) is 7.17. The second-order valence-electron chi connectivity index (χ2n) is 6.27. The van der Waals surface area contributed by atoms with Crippen LogP contribution >= 0.6 is 35.3 Å². The third kappa shape index (κ3) is 4.99. The molecular formula is C21H19Cl2N5O2S. The average molecular weight is 476 g/mol. The second kappa shape index (κ2) is 9.82. The Labute approximate surface area is 194 Å². The van der Waals surface area contributed by atoms with Gasteiger partial charge in [-0.3, -0.25) is 0 Å². The number of methoxy groups -OCH3 is 2. The van der Waals surface area contributed by atoms with E-state index in [2.05, 4.69) is 20.5 Å². The van der Waals surface area contributed by atoms with Crippen molar-refractivity contribution in [2.45, 2.75) is 0 Å². The molecule has 4 rings (SSSR count). The van der Waals surface area contributed by atoms with Crippen LogP contribution in [0, 0.1) is 0 Å². The van der Waals surface area contributed by atoms with Crippen molar-refractivity contribution < 1.29 is 9.47 Å². The Morgan fingerprint density at radius 2 is 1.77 bits per heavy atom. The molecule has 31 heavy (non-hydrogen) atoms. The lowest BCUT2D eigenvalue weighted by Gasteiger charge is -2.15. The number of pyridine rings is 1. The van der Waals surface area contributed by atoms with E-state index >= 15 is 0 Å². The maximum Gasteiger partial charge on any atom is 0.210 e. The zero-order valence-electron chi connectivity index (χ0n) is 16.6. The summed E-state index contributed by atoms with van der Waals surface area (Å²) in [6, 6.07) is 14.8.